The van der Waals surface area contributed by atoms with Crippen LogP contribution in [0.3, 0.4) is 0 Å². The summed E-state index contributed by atoms with van der Waals surface area (Å²) in [5.74, 6) is -0.600. The van der Waals surface area contributed by atoms with Gasteiger partial charge in [0.1, 0.15) is 5.82 Å². The number of rotatable bonds is 8. The second-order valence-corrected chi connectivity index (χ2v) is 11.1. The topological polar surface area (TPSA) is 66.5 Å². The summed E-state index contributed by atoms with van der Waals surface area (Å²) in [7, 11) is -3.71. The van der Waals surface area contributed by atoms with E-state index < -0.39 is 21.6 Å². The fourth-order valence-electron chi connectivity index (χ4n) is 3.46. The Hall–Kier alpha value is -1.61. The second-order valence-electron chi connectivity index (χ2n) is 7.58. The second kappa shape index (κ2) is 10.8. The molecule has 0 saturated carbocycles. The Morgan fingerprint density at radius 3 is 2.52 bits per heavy atom. The maximum atomic E-state index is 14.0. The van der Waals surface area contributed by atoms with E-state index in [0.29, 0.717) is 19.4 Å². The molecule has 1 saturated heterocycles. The molecule has 1 amide bonds. The number of piperidine rings is 1. The lowest BCUT2D eigenvalue weighted by molar-refractivity contribution is -0.125. The number of hydrogen-bond donors (Lipinski definition) is 1. The molecule has 168 valence electrons. The molecule has 5 nitrogen and oxygen atoms in total. The van der Waals surface area contributed by atoms with E-state index in [-0.39, 0.29) is 35.5 Å². The monoisotopic (exact) mass is 484 g/mol. The molecule has 3 rings (SSSR count). The number of sulfonamides is 1. The number of carbonyl (C=O) groups excluding carboxylic acids is 1. The number of nitrogens with one attached hydrogen (secondary N) is 1. The summed E-state index contributed by atoms with van der Waals surface area (Å²) >= 11 is 7.65. The van der Waals surface area contributed by atoms with E-state index in [2.05, 4.69) is 29.6 Å². The number of halogens is 2. The molecule has 0 bridgehead atoms. The van der Waals surface area contributed by atoms with Crippen LogP contribution in [0.1, 0.15) is 24.0 Å². The molecular weight excluding hydrogens is 459 g/mol. The number of nitrogens with zero attached hydrogens (tertiary/aromatic N) is 1. The van der Waals surface area contributed by atoms with Crippen molar-refractivity contribution in [1.82, 2.24) is 9.62 Å². The van der Waals surface area contributed by atoms with Crippen LogP contribution in [0.4, 0.5) is 4.39 Å². The molecule has 9 heteroatoms. The zero-order chi connectivity index (χ0) is 22.4. The van der Waals surface area contributed by atoms with Crippen molar-refractivity contribution in [3.05, 3.63) is 64.4 Å². The number of hydrogen-bond acceptors (Lipinski definition) is 4. The predicted octanol–water partition coefficient (Wildman–Crippen LogP) is 4.24. The van der Waals surface area contributed by atoms with Crippen LogP contribution in [0.2, 0.25) is 5.02 Å². The Kier molecular flexibility index (Phi) is 8.38. The fraction of sp³-hybridized carbons (Fsp3) is 0.409. The van der Waals surface area contributed by atoms with Crippen LogP contribution in [-0.4, -0.2) is 44.0 Å². The van der Waals surface area contributed by atoms with E-state index in [4.69, 9.17) is 11.6 Å². The highest BCUT2D eigenvalue weighted by atomic mass is 35.5. The first-order valence-corrected chi connectivity index (χ1v) is 13.1. The van der Waals surface area contributed by atoms with Crippen molar-refractivity contribution in [2.24, 2.45) is 5.92 Å². The van der Waals surface area contributed by atoms with E-state index in [1.807, 2.05) is 6.92 Å². The number of amides is 1. The average molecular weight is 485 g/mol. The molecule has 0 atom stereocenters. The van der Waals surface area contributed by atoms with E-state index in [0.717, 1.165) is 10.6 Å². The Bertz CT molecular complexity index is 988. The molecule has 2 aromatic rings. The molecule has 1 fully saturated rings. The summed E-state index contributed by atoms with van der Waals surface area (Å²) in [6.07, 6.45) is 0.891. The van der Waals surface area contributed by atoms with Crippen LogP contribution in [0.25, 0.3) is 0 Å². The summed E-state index contributed by atoms with van der Waals surface area (Å²) < 4.78 is 40.7. The Labute approximate surface area is 192 Å². The summed E-state index contributed by atoms with van der Waals surface area (Å²) in [4.78, 5) is 13.6. The highest BCUT2D eigenvalue weighted by Gasteiger charge is 2.32. The van der Waals surface area contributed by atoms with Gasteiger partial charge in [0, 0.05) is 46.8 Å². The Morgan fingerprint density at radius 1 is 1.19 bits per heavy atom. The third kappa shape index (κ3) is 6.68. The number of thioether (sulfide) groups is 1. The molecule has 0 aromatic heterocycles. The first kappa shape index (κ1) is 24.0. The van der Waals surface area contributed by atoms with Gasteiger partial charge in [0.05, 0.1) is 5.75 Å². The minimum absolute atomic E-state index is 0.0184. The van der Waals surface area contributed by atoms with E-state index in [9.17, 15) is 17.6 Å². The molecule has 1 N–H and O–H groups in total. The van der Waals surface area contributed by atoms with E-state index in [1.165, 1.54) is 28.1 Å². The first-order chi connectivity index (χ1) is 14.8. The molecule has 1 heterocycles. The minimum Gasteiger partial charge on any atom is -0.355 e. The van der Waals surface area contributed by atoms with Crippen LogP contribution < -0.4 is 5.32 Å². The van der Waals surface area contributed by atoms with Crippen LogP contribution in [0.15, 0.2) is 47.4 Å². The molecule has 0 radical (unpaired) electrons. The number of aryl methyl sites for hydroxylation is 1. The molecular formula is C22H26ClFN2O3S2. The summed E-state index contributed by atoms with van der Waals surface area (Å²) in [6.45, 7) is 3.08. The third-order valence-corrected chi connectivity index (χ3v) is 8.47. The fourth-order valence-corrected chi connectivity index (χ4v) is 6.15. The summed E-state index contributed by atoms with van der Waals surface area (Å²) in [5.41, 5.74) is 1.19. The zero-order valence-electron chi connectivity index (χ0n) is 17.3. The lowest BCUT2D eigenvalue weighted by atomic mass is 9.97. The quantitative estimate of drug-likeness (QED) is 0.449. The van der Waals surface area contributed by atoms with Crippen molar-refractivity contribution in [2.45, 2.75) is 30.4 Å². The van der Waals surface area contributed by atoms with Gasteiger partial charge in [0.25, 0.3) is 0 Å². The van der Waals surface area contributed by atoms with Gasteiger partial charge in [0.15, 0.2) is 0 Å². The molecule has 0 spiro atoms. The summed E-state index contributed by atoms with van der Waals surface area (Å²) in [6, 6.07) is 12.4. The van der Waals surface area contributed by atoms with Crippen molar-refractivity contribution in [2.75, 3.05) is 25.4 Å². The van der Waals surface area contributed by atoms with Crippen molar-refractivity contribution in [3.63, 3.8) is 0 Å². The normalized spacial score (nSPS) is 15.7. The van der Waals surface area contributed by atoms with Crippen molar-refractivity contribution in [1.29, 1.82) is 0 Å². The Morgan fingerprint density at radius 2 is 1.87 bits per heavy atom. The van der Waals surface area contributed by atoms with Crippen LogP contribution in [0, 0.1) is 18.7 Å². The van der Waals surface area contributed by atoms with E-state index >= 15 is 0 Å². The first-order valence-electron chi connectivity index (χ1n) is 10.1. The number of carbonyl (C=O) groups is 1. The Balaban J connectivity index is 1.44. The van der Waals surface area contributed by atoms with Gasteiger partial charge in [-0.15, -0.1) is 11.8 Å². The molecule has 31 heavy (non-hydrogen) atoms. The van der Waals surface area contributed by atoms with Crippen LogP contribution >= 0.6 is 23.4 Å². The molecule has 0 unspecified atom stereocenters. The lowest BCUT2D eigenvalue weighted by Gasteiger charge is -2.30. The molecule has 1 aliphatic rings. The number of benzene rings is 2. The zero-order valence-corrected chi connectivity index (χ0v) is 19.7. The van der Waals surface area contributed by atoms with Gasteiger partial charge >= 0.3 is 0 Å². The van der Waals surface area contributed by atoms with Gasteiger partial charge in [0.2, 0.25) is 15.9 Å². The van der Waals surface area contributed by atoms with Gasteiger partial charge in [-0.3, -0.25) is 4.79 Å². The maximum Gasteiger partial charge on any atom is 0.223 e. The average Bonchev–Trinajstić information content (AvgIpc) is 2.75. The van der Waals surface area contributed by atoms with Crippen LogP contribution in [-0.2, 0) is 20.6 Å². The lowest BCUT2D eigenvalue weighted by Crippen LogP contribution is -2.43. The molecule has 0 aliphatic carbocycles. The highest BCUT2D eigenvalue weighted by molar-refractivity contribution is 7.99. The SMILES string of the molecule is Cc1ccc(SCCNC(=O)C2CCN(S(=O)(=O)Cc3c(F)cccc3Cl)CC2)cc1. The standard InChI is InChI=1S/C22H26ClFN2O3S2/c1-16-5-7-18(8-6-16)30-14-11-25-22(27)17-9-12-26(13-10-17)31(28,29)15-19-20(23)3-2-4-21(19)24/h2-8,17H,9-15H2,1H3,(H,25,27). The van der Waals surface area contributed by atoms with Gasteiger partial charge in [-0.25, -0.2) is 17.1 Å². The third-order valence-electron chi connectivity index (χ3n) is 5.30. The highest BCUT2D eigenvalue weighted by Crippen LogP contribution is 2.26. The smallest absolute Gasteiger partial charge is 0.223 e. The van der Waals surface area contributed by atoms with Crippen molar-refractivity contribution < 1.29 is 17.6 Å². The van der Waals surface area contributed by atoms with Gasteiger partial charge in [-0.1, -0.05) is 35.4 Å². The molecule has 1 aliphatic heterocycles. The maximum absolute atomic E-state index is 14.0. The largest absolute Gasteiger partial charge is 0.355 e. The van der Waals surface area contributed by atoms with Crippen LogP contribution in [0.5, 0.6) is 0 Å². The van der Waals surface area contributed by atoms with Gasteiger partial charge < -0.3 is 5.32 Å². The van der Waals surface area contributed by atoms with Crippen molar-refractivity contribution >= 4 is 39.3 Å². The minimum atomic E-state index is -3.71. The molecule has 2 aromatic carbocycles. The predicted molar refractivity (Wildman–Crippen MR) is 123 cm³/mol. The van der Waals surface area contributed by atoms with Gasteiger partial charge in [-0.2, -0.15) is 0 Å². The van der Waals surface area contributed by atoms with E-state index in [1.54, 1.807) is 11.8 Å². The van der Waals surface area contributed by atoms with Crippen molar-refractivity contribution in [3.8, 4) is 0 Å². The summed E-state index contributed by atoms with van der Waals surface area (Å²) in [5, 5.41) is 3.05. The van der Waals surface area contributed by atoms with Gasteiger partial charge in [-0.05, 0) is 44.0 Å².